The van der Waals surface area contributed by atoms with Gasteiger partial charge in [0.2, 0.25) is 0 Å². The maximum atomic E-state index is 13.5. The third-order valence-electron chi connectivity index (χ3n) is 15.7. The van der Waals surface area contributed by atoms with Gasteiger partial charge in [-0.2, -0.15) is 5.10 Å². The highest BCUT2D eigenvalue weighted by Crippen LogP contribution is 2.75. The number of aliphatic carboxylic acids is 1. The summed E-state index contributed by atoms with van der Waals surface area (Å²) in [6.07, 6.45) is 9.66. The number of rotatable bonds is 8. The highest BCUT2D eigenvalue weighted by atomic mass is 79.9. The number of hydrogen-bond acceptors (Lipinski definition) is 6. The Hall–Kier alpha value is -1.29. The van der Waals surface area contributed by atoms with Crippen LogP contribution in [-0.4, -0.2) is 57.3 Å². The van der Waals surface area contributed by atoms with Gasteiger partial charge in [-0.05, 0) is 113 Å². The predicted molar refractivity (Wildman–Crippen MR) is 188 cm³/mol. The molecule has 6 rings (SSSR count). The van der Waals surface area contributed by atoms with E-state index in [1.54, 1.807) is 6.33 Å². The van der Waals surface area contributed by atoms with E-state index < -0.39 is 17.4 Å². The zero-order valence-corrected chi connectivity index (χ0v) is 32.2. The van der Waals surface area contributed by atoms with Gasteiger partial charge in [-0.15, -0.1) is 0 Å². The van der Waals surface area contributed by atoms with Crippen molar-refractivity contribution < 1.29 is 19.4 Å². The van der Waals surface area contributed by atoms with Gasteiger partial charge in [-0.3, -0.25) is 4.79 Å². The van der Waals surface area contributed by atoms with Crippen LogP contribution in [-0.2, 0) is 14.3 Å². The van der Waals surface area contributed by atoms with E-state index in [4.69, 9.17) is 20.3 Å². The molecule has 2 heterocycles. The lowest BCUT2D eigenvalue weighted by Gasteiger charge is -2.71. The summed E-state index contributed by atoms with van der Waals surface area (Å²) in [5, 5.41) is 15.8. The normalized spacial score (nSPS) is 45.0. The zero-order chi connectivity index (χ0) is 34.5. The third kappa shape index (κ3) is 4.92. The van der Waals surface area contributed by atoms with Crippen molar-refractivity contribution in [2.45, 2.75) is 125 Å². The molecule has 1 aromatic rings. The maximum Gasteiger partial charge on any atom is 0.307 e. The minimum atomic E-state index is -0.628. The molecule has 9 heteroatoms. The van der Waals surface area contributed by atoms with Crippen molar-refractivity contribution in [1.82, 2.24) is 14.8 Å². The molecule has 3 N–H and O–H groups in total. The molecule has 5 aliphatic rings. The predicted octanol–water partition coefficient (Wildman–Crippen LogP) is 7.93. The molecule has 1 saturated heterocycles. The van der Waals surface area contributed by atoms with Crippen molar-refractivity contribution in [2.24, 2.45) is 68.3 Å². The Bertz CT molecular complexity index is 1410. The van der Waals surface area contributed by atoms with Gasteiger partial charge in [0.25, 0.3) is 0 Å². The van der Waals surface area contributed by atoms with Gasteiger partial charge in [0.05, 0.1) is 37.9 Å². The number of aromatic nitrogens is 3. The Kier molecular flexibility index (Phi) is 8.79. The molecular weight excluding hydrogens is 656 g/mol. The second kappa shape index (κ2) is 11.6. The van der Waals surface area contributed by atoms with Gasteiger partial charge >= 0.3 is 5.97 Å². The first-order chi connectivity index (χ1) is 21.8. The lowest BCUT2D eigenvalue weighted by atomic mass is 9.34. The van der Waals surface area contributed by atoms with Gasteiger partial charge in [0.15, 0.2) is 4.73 Å². The largest absolute Gasteiger partial charge is 0.481 e. The Labute approximate surface area is 291 Å². The molecule has 47 heavy (non-hydrogen) atoms. The number of nitrogens with two attached hydrogens (primary N) is 1. The Morgan fingerprint density at radius 2 is 1.85 bits per heavy atom. The summed E-state index contributed by atoms with van der Waals surface area (Å²) in [6.45, 7) is 24.4. The molecular formula is C38H61BrN4O4. The minimum Gasteiger partial charge on any atom is -0.481 e. The highest BCUT2D eigenvalue weighted by Gasteiger charge is 2.72. The molecule has 0 spiro atoms. The second-order valence-corrected chi connectivity index (χ2v) is 19.2. The van der Waals surface area contributed by atoms with Crippen molar-refractivity contribution in [3.63, 3.8) is 0 Å². The Morgan fingerprint density at radius 3 is 2.45 bits per heavy atom. The first-order valence-electron chi connectivity index (χ1n) is 18.3. The van der Waals surface area contributed by atoms with Crippen molar-refractivity contribution >= 4 is 21.9 Å². The standard InChI is InChI=1S/C38H61BrN4O4/c1-22(2)24(5)34(7)15-16-35(8)25-11-12-28-33(6)17-27(43-32(39)41-21-42-43)30(47-19-37(10,40)23(3)4)38(28,20-46-18-33)26(25)13-14-36(35,9)29(34)31(44)45/h13,21-25,27-30H,11-12,14-20,40H2,1-10H3,(H,44,45)/t24-,25+,27-,28-,29-,30+,33-,34-,35-,36+,37+,38+/m1/s1. The summed E-state index contributed by atoms with van der Waals surface area (Å²) in [4.78, 5) is 18.0. The number of nitrogens with zero attached hydrogens (tertiary/aromatic N) is 3. The zero-order valence-electron chi connectivity index (χ0n) is 30.6. The maximum absolute atomic E-state index is 13.5. The van der Waals surface area contributed by atoms with Crippen LogP contribution in [0.5, 0.6) is 0 Å². The molecule has 3 saturated carbocycles. The van der Waals surface area contributed by atoms with Crippen molar-refractivity contribution in [3.8, 4) is 0 Å². The average molecular weight is 718 g/mol. The second-order valence-electron chi connectivity index (χ2n) is 18.5. The Balaban J connectivity index is 1.52. The monoisotopic (exact) mass is 716 g/mol. The summed E-state index contributed by atoms with van der Waals surface area (Å²) in [6, 6.07) is -0.0472. The van der Waals surface area contributed by atoms with Gasteiger partial charge in [-0.25, -0.2) is 9.67 Å². The van der Waals surface area contributed by atoms with Crippen molar-refractivity contribution in [2.75, 3.05) is 19.8 Å². The SMILES string of the molecule is CC(C)[C@@H](C)[C@@]1(C)CC[C@]2(C)[C@H]3CC[C@@H]4[C@@]5(C)COC[C@@]4(C3=CC[C@@]2(C)[C@@H]1C(=O)O)[C@@H](OC[C@](C)(N)C(C)C)[C@H](n1ncnc1Br)C5. The molecule has 4 aliphatic carbocycles. The minimum absolute atomic E-state index is 0.0472. The highest BCUT2D eigenvalue weighted by molar-refractivity contribution is 9.10. The number of carboxylic acid groups (broad SMARTS) is 1. The van der Waals surface area contributed by atoms with E-state index in [2.05, 4.69) is 96.2 Å². The fourth-order valence-corrected chi connectivity index (χ4v) is 12.4. The lowest BCUT2D eigenvalue weighted by molar-refractivity contribution is -0.254. The molecule has 1 aliphatic heterocycles. The summed E-state index contributed by atoms with van der Waals surface area (Å²) >= 11 is 3.72. The number of halogens is 1. The first-order valence-corrected chi connectivity index (χ1v) is 19.1. The molecule has 8 nitrogen and oxygen atoms in total. The van der Waals surface area contributed by atoms with Crippen LogP contribution in [0.3, 0.4) is 0 Å². The molecule has 264 valence electrons. The summed E-state index contributed by atoms with van der Waals surface area (Å²) in [7, 11) is 0. The van der Waals surface area contributed by atoms with Crippen molar-refractivity contribution in [3.05, 3.63) is 22.7 Å². The van der Waals surface area contributed by atoms with Crippen LogP contribution < -0.4 is 5.73 Å². The molecule has 4 fully saturated rings. The van der Waals surface area contributed by atoms with E-state index in [9.17, 15) is 9.90 Å². The number of carboxylic acids is 1. The Morgan fingerprint density at radius 1 is 1.15 bits per heavy atom. The van der Waals surface area contributed by atoms with Gasteiger partial charge in [-0.1, -0.05) is 74.0 Å². The van der Waals surface area contributed by atoms with Crippen LogP contribution in [0.4, 0.5) is 0 Å². The van der Waals surface area contributed by atoms with E-state index in [-0.39, 0.29) is 51.1 Å². The van der Waals surface area contributed by atoms with E-state index in [0.29, 0.717) is 35.7 Å². The third-order valence-corrected chi connectivity index (χ3v) is 16.3. The first kappa shape index (κ1) is 35.5. The molecule has 0 unspecified atom stereocenters. The summed E-state index contributed by atoms with van der Waals surface area (Å²) in [5.41, 5.74) is 6.60. The van der Waals surface area contributed by atoms with Gasteiger partial charge < -0.3 is 20.3 Å². The molecule has 0 radical (unpaired) electrons. The topological polar surface area (TPSA) is 112 Å². The van der Waals surface area contributed by atoms with E-state index in [1.165, 1.54) is 5.57 Å². The fourth-order valence-electron chi connectivity index (χ4n) is 12.0. The molecule has 12 atom stereocenters. The molecule has 1 aromatic heterocycles. The number of allylic oxidation sites excluding steroid dienone is 1. The quantitative estimate of drug-likeness (QED) is 0.263. The number of fused-ring (bicyclic) bond motifs is 3. The summed E-state index contributed by atoms with van der Waals surface area (Å²) in [5.74, 6) is 0.558. The number of carbonyl (C=O) groups is 1. The van der Waals surface area contributed by atoms with E-state index >= 15 is 0 Å². The molecule has 0 amide bonds. The van der Waals surface area contributed by atoms with Crippen LogP contribution >= 0.6 is 15.9 Å². The van der Waals surface area contributed by atoms with E-state index in [1.807, 2.05) is 4.68 Å². The van der Waals surface area contributed by atoms with Crippen LogP contribution in [0, 0.1) is 62.6 Å². The summed E-state index contributed by atoms with van der Waals surface area (Å²) < 4.78 is 16.7. The number of hydrogen-bond donors (Lipinski definition) is 2. The van der Waals surface area contributed by atoms with Gasteiger partial charge in [0, 0.05) is 11.0 Å². The van der Waals surface area contributed by atoms with Crippen LogP contribution in [0.15, 0.2) is 22.7 Å². The van der Waals surface area contributed by atoms with E-state index in [0.717, 1.165) is 45.1 Å². The van der Waals surface area contributed by atoms with Gasteiger partial charge in [0.1, 0.15) is 6.33 Å². The molecule has 0 aromatic carbocycles. The smallest absolute Gasteiger partial charge is 0.307 e. The molecule has 2 bridgehead atoms. The van der Waals surface area contributed by atoms with Crippen molar-refractivity contribution in [1.29, 1.82) is 0 Å². The van der Waals surface area contributed by atoms with Crippen LogP contribution in [0.1, 0.15) is 114 Å². The fraction of sp³-hybridized carbons (Fsp3) is 0.868. The average Bonchev–Trinajstić information content (AvgIpc) is 3.41. The van der Waals surface area contributed by atoms with Crippen LogP contribution in [0.25, 0.3) is 0 Å². The lowest BCUT2D eigenvalue weighted by Crippen LogP contribution is -2.70. The number of ether oxygens (including phenoxy) is 2. The van der Waals surface area contributed by atoms with Crippen LogP contribution in [0.2, 0.25) is 0 Å².